The minimum atomic E-state index is -1.09. The molecule has 1 aromatic carbocycles. The van der Waals surface area contributed by atoms with Gasteiger partial charge in [-0.2, -0.15) is 0 Å². The number of esters is 1. The van der Waals surface area contributed by atoms with Gasteiger partial charge in [0.05, 0.1) is 5.56 Å². The molecule has 0 saturated heterocycles. The van der Waals surface area contributed by atoms with Gasteiger partial charge in [-0.3, -0.25) is 14.4 Å². The number of amides is 2. The molecule has 1 aromatic heterocycles. The highest BCUT2D eigenvalue weighted by Crippen LogP contribution is 2.23. The van der Waals surface area contributed by atoms with Crippen molar-refractivity contribution in [3.05, 3.63) is 46.8 Å². The number of benzene rings is 1. The van der Waals surface area contributed by atoms with E-state index in [1.807, 2.05) is 0 Å². The number of nitrogens with one attached hydrogen (secondary N) is 1. The summed E-state index contributed by atoms with van der Waals surface area (Å²) in [6.07, 6.45) is -0.401. The van der Waals surface area contributed by atoms with Crippen molar-refractivity contribution in [2.45, 2.75) is 13.0 Å². The van der Waals surface area contributed by atoms with Gasteiger partial charge in [0, 0.05) is 5.56 Å². The summed E-state index contributed by atoms with van der Waals surface area (Å²) in [4.78, 5) is 45.6. The van der Waals surface area contributed by atoms with Gasteiger partial charge >= 0.3 is 5.97 Å². The van der Waals surface area contributed by atoms with E-state index in [0.717, 1.165) is 11.3 Å². The van der Waals surface area contributed by atoms with Crippen molar-refractivity contribution < 1.29 is 28.7 Å². The summed E-state index contributed by atoms with van der Waals surface area (Å²) in [6.45, 7) is 0.993. The minimum Gasteiger partial charge on any atom is -0.482 e. The van der Waals surface area contributed by atoms with Crippen molar-refractivity contribution in [1.82, 2.24) is 0 Å². The maximum atomic E-state index is 12.1. The van der Waals surface area contributed by atoms with Crippen LogP contribution in [0.1, 0.15) is 27.6 Å². The number of carbonyl (C=O) groups is 4. The van der Waals surface area contributed by atoms with Crippen LogP contribution >= 0.6 is 11.3 Å². The lowest BCUT2D eigenvalue weighted by Gasteiger charge is -2.13. The van der Waals surface area contributed by atoms with E-state index in [9.17, 15) is 19.2 Å². The molecular weight excluding hydrogens is 360 g/mol. The average Bonchev–Trinajstić information content (AvgIpc) is 3.08. The number of rotatable bonds is 8. The number of primary amides is 1. The molecule has 0 aliphatic heterocycles. The van der Waals surface area contributed by atoms with E-state index in [1.54, 1.807) is 17.5 Å². The van der Waals surface area contributed by atoms with E-state index in [-0.39, 0.29) is 10.6 Å². The Labute approximate surface area is 152 Å². The topological polar surface area (TPSA) is 125 Å². The summed E-state index contributed by atoms with van der Waals surface area (Å²) in [5.41, 5.74) is 5.86. The van der Waals surface area contributed by atoms with Crippen molar-refractivity contribution in [2.24, 2.45) is 5.73 Å². The third kappa shape index (κ3) is 5.15. The fraction of sp³-hybridized carbons (Fsp3) is 0.176. The highest BCUT2D eigenvalue weighted by molar-refractivity contribution is 7.14. The second-order valence-electron chi connectivity index (χ2n) is 5.12. The number of thiophene rings is 1. The molecule has 0 fully saturated rings. The Bertz CT molecular complexity index is 815. The molecule has 0 aliphatic rings. The van der Waals surface area contributed by atoms with Gasteiger partial charge in [0.25, 0.3) is 11.8 Å². The number of carbonyl (C=O) groups excluding carboxylic acids is 4. The van der Waals surface area contributed by atoms with Crippen molar-refractivity contribution in [1.29, 1.82) is 0 Å². The normalized spacial score (nSPS) is 11.3. The number of ether oxygens (including phenoxy) is 2. The Hall–Kier alpha value is -3.20. The highest BCUT2D eigenvalue weighted by Gasteiger charge is 2.20. The molecule has 1 atom stereocenters. The molecule has 136 valence electrons. The van der Waals surface area contributed by atoms with Gasteiger partial charge in [-0.15, -0.1) is 11.3 Å². The van der Waals surface area contributed by atoms with Gasteiger partial charge in [0.15, 0.2) is 12.7 Å². The number of nitrogens with two attached hydrogens (primary N) is 1. The first-order valence-corrected chi connectivity index (χ1v) is 8.34. The van der Waals surface area contributed by atoms with E-state index in [1.165, 1.54) is 25.1 Å². The molecule has 2 rings (SSSR count). The second kappa shape index (κ2) is 8.77. The van der Waals surface area contributed by atoms with Crippen LogP contribution in [0.3, 0.4) is 0 Å². The molecule has 26 heavy (non-hydrogen) atoms. The first-order valence-electron chi connectivity index (χ1n) is 7.46. The van der Waals surface area contributed by atoms with Crippen molar-refractivity contribution >= 4 is 40.4 Å². The van der Waals surface area contributed by atoms with Gasteiger partial charge in [-0.1, -0.05) is 0 Å². The molecule has 0 saturated carbocycles. The summed E-state index contributed by atoms with van der Waals surface area (Å²) in [5.74, 6) is -1.62. The number of hydrogen-bond donors (Lipinski definition) is 2. The van der Waals surface area contributed by atoms with E-state index in [4.69, 9.17) is 15.2 Å². The molecule has 8 nitrogen and oxygen atoms in total. The van der Waals surface area contributed by atoms with Crippen LogP contribution in [0.15, 0.2) is 35.7 Å². The predicted octanol–water partition coefficient (Wildman–Crippen LogP) is 1.61. The Morgan fingerprint density at radius 1 is 1.23 bits per heavy atom. The Morgan fingerprint density at radius 2 is 1.92 bits per heavy atom. The molecule has 0 bridgehead atoms. The van der Waals surface area contributed by atoms with Gasteiger partial charge in [0.2, 0.25) is 0 Å². The zero-order valence-corrected chi connectivity index (χ0v) is 14.6. The lowest BCUT2D eigenvalue weighted by atomic mass is 10.2. The summed E-state index contributed by atoms with van der Waals surface area (Å²) < 4.78 is 10.2. The van der Waals surface area contributed by atoms with Gasteiger partial charge in [0.1, 0.15) is 17.0 Å². The summed E-state index contributed by atoms with van der Waals surface area (Å²) in [7, 11) is 0. The van der Waals surface area contributed by atoms with Crippen molar-refractivity contribution in [2.75, 3.05) is 11.9 Å². The molecule has 0 radical (unpaired) electrons. The third-order valence-electron chi connectivity index (χ3n) is 3.22. The maximum absolute atomic E-state index is 12.1. The van der Waals surface area contributed by atoms with Gasteiger partial charge in [-0.05, 0) is 42.6 Å². The highest BCUT2D eigenvalue weighted by atomic mass is 32.1. The average molecular weight is 376 g/mol. The summed E-state index contributed by atoms with van der Waals surface area (Å²) in [5, 5.41) is 4.39. The maximum Gasteiger partial charge on any atom is 0.344 e. The largest absolute Gasteiger partial charge is 0.482 e. The van der Waals surface area contributed by atoms with Crippen LogP contribution in [-0.4, -0.2) is 36.8 Å². The van der Waals surface area contributed by atoms with Crippen LogP contribution < -0.4 is 15.8 Å². The smallest absolute Gasteiger partial charge is 0.344 e. The summed E-state index contributed by atoms with van der Waals surface area (Å²) >= 11 is 1.13. The quantitative estimate of drug-likeness (QED) is 0.533. The predicted molar refractivity (Wildman–Crippen MR) is 94.3 cm³/mol. The van der Waals surface area contributed by atoms with Gasteiger partial charge in [-0.25, -0.2) is 4.79 Å². The fourth-order valence-corrected chi connectivity index (χ4v) is 2.68. The van der Waals surface area contributed by atoms with Crippen LogP contribution in [0.5, 0.6) is 5.75 Å². The lowest BCUT2D eigenvalue weighted by Crippen LogP contribution is -2.32. The first-order chi connectivity index (χ1) is 12.4. The molecular formula is C17H16N2O6S. The van der Waals surface area contributed by atoms with Crippen molar-refractivity contribution in [3.63, 3.8) is 0 Å². The molecule has 0 spiro atoms. The Balaban J connectivity index is 1.83. The first kappa shape index (κ1) is 19.1. The van der Waals surface area contributed by atoms with E-state index < -0.39 is 30.5 Å². The molecule has 1 heterocycles. The standard InChI is InChI=1S/C17H16N2O6S/c1-10(16(23)19-17-13(15(18)22)6-7-26-17)25-14(21)9-24-12-4-2-11(8-20)3-5-12/h2-8,10H,9H2,1H3,(H2,18,22)(H,19,23)/t10-/m1/s1. The zero-order chi connectivity index (χ0) is 19.1. The Kier molecular flexibility index (Phi) is 6.45. The molecule has 2 aromatic rings. The van der Waals surface area contributed by atoms with Crippen molar-refractivity contribution in [3.8, 4) is 5.75 Å². The van der Waals surface area contributed by atoms with Crippen LogP contribution in [-0.2, 0) is 14.3 Å². The summed E-state index contributed by atoms with van der Waals surface area (Å²) in [6, 6.07) is 7.65. The SMILES string of the molecule is C[C@@H](OC(=O)COc1ccc(C=O)cc1)C(=O)Nc1sccc1C(N)=O. The monoisotopic (exact) mass is 376 g/mol. The third-order valence-corrected chi connectivity index (χ3v) is 4.05. The van der Waals surface area contributed by atoms with Gasteiger partial charge < -0.3 is 20.5 Å². The van der Waals surface area contributed by atoms with Crippen LogP contribution in [0.2, 0.25) is 0 Å². The Morgan fingerprint density at radius 3 is 2.54 bits per heavy atom. The van der Waals surface area contributed by atoms with Crippen LogP contribution in [0.4, 0.5) is 5.00 Å². The van der Waals surface area contributed by atoms with E-state index in [0.29, 0.717) is 17.6 Å². The minimum absolute atomic E-state index is 0.184. The zero-order valence-electron chi connectivity index (χ0n) is 13.8. The van der Waals surface area contributed by atoms with Crippen LogP contribution in [0.25, 0.3) is 0 Å². The fourth-order valence-electron chi connectivity index (χ4n) is 1.88. The molecule has 0 aliphatic carbocycles. The number of anilines is 1. The van der Waals surface area contributed by atoms with E-state index >= 15 is 0 Å². The molecule has 3 N–H and O–H groups in total. The second-order valence-corrected chi connectivity index (χ2v) is 6.04. The number of hydrogen-bond acceptors (Lipinski definition) is 7. The molecule has 0 unspecified atom stereocenters. The van der Waals surface area contributed by atoms with E-state index in [2.05, 4.69) is 5.32 Å². The number of aldehydes is 1. The van der Waals surface area contributed by atoms with Crippen LogP contribution in [0, 0.1) is 0 Å². The molecule has 2 amide bonds. The lowest BCUT2D eigenvalue weighted by molar-refractivity contribution is -0.155. The molecule has 9 heteroatoms.